The van der Waals surface area contributed by atoms with Gasteiger partial charge in [0.15, 0.2) is 5.82 Å². The number of nitriles is 1. The van der Waals surface area contributed by atoms with Gasteiger partial charge in [0.1, 0.15) is 11.8 Å². The van der Waals surface area contributed by atoms with Gasteiger partial charge in [0.2, 0.25) is 0 Å². The summed E-state index contributed by atoms with van der Waals surface area (Å²) in [5.41, 5.74) is 1.29. The van der Waals surface area contributed by atoms with Crippen LogP contribution in [0.3, 0.4) is 0 Å². The number of aromatic nitrogens is 2. The Morgan fingerprint density at radius 1 is 1.07 bits per heavy atom. The van der Waals surface area contributed by atoms with Crippen molar-refractivity contribution in [2.75, 3.05) is 7.11 Å². The Morgan fingerprint density at radius 3 is 2.59 bits per heavy atom. The molecule has 3 aromatic carbocycles. The zero-order chi connectivity index (χ0) is 18.8. The fraction of sp³-hybridized carbons (Fsp3) is 0.0455. The quantitative estimate of drug-likeness (QED) is 0.561. The van der Waals surface area contributed by atoms with Gasteiger partial charge in [-0.15, -0.1) is 0 Å². The van der Waals surface area contributed by atoms with Gasteiger partial charge in [0.25, 0.3) is 5.56 Å². The van der Waals surface area contributed by atoms with Gasteiger partial charge in [-0.3, -0.25) is 4.79 Å². The van der Waals surface area contributed by atoms with Crippen LogP contribution in [0.25, 0.3) is 33.3 Å². The number of fused-ring (bicyclic) bond motifs is 2. The van der Waals surface area contributed by atoms with Crippen molar-refractivity contribution in [1.82, 2.24) is 9.97 Å². The van der Waals surface area contributed by atoms with Crippen LogP contribution in [0.1, 0.15) is 11.4 Å². The number of hydrogen-bond donors (Lipinski definition) is 1. The molecule has 0 bridgehead atoms. The molecule has 5 nitrogen and oxygen atoms in total. The van der Waals surface area contributed by atoms with Crippen molar-refractivity contribution in [3.63, 3.8) is 0 Å². The van der Waals surface area contributed by atoms with E-state index in [0.717, 1.165) is 16.3 Å². The van der Waals surface area contributed by atoms with E-state index in [1.54, 1.807) is 31.4 Å². The molecule has 0 fully saturated rings. The number of aromatic amines is 1. The number of nitrogens with zero attached hydrogens (tertiary/aromatic N) is 2. The molecule has 5 heteroatoms. The topological polar surface area (TPSA) is 78.8 Å². The second kappa shape index (κ2) is 6.77. The monoisotopic (exact) mass is 353 g/mol. The van der Waals surface area contributed by atoms with Crippen molar-refractivity contribution < 1.29 is 4.74 Å². The number of hydrogen-bond acceptors (Lipinski definition) is 4. The molecular weight excluding hydrogens is 338 g/mol. The normalized spacial score (nSPS) is 11.5. The molecular formula is C22H15N3O2. The molecule has 0 amide bonds. The summed E-state index contributed by atoms with van der Waals surface area (Å²) in [6.45, 7) is 0. The second-order valence-electron chi connectivity index (χ2n) is 6.00. The predicted molar refractivity (Wildman–Crippen MR) is 106 cm³/mol. The van der Waals surface area contributed by atoms with Gasteiger partial charge >= 0.3 is 0 Å². The predicted octanol–water partition coefficient (Wildman–Crippen LogP) is 4.15. The molecule has 0 spiro atoms. The van der Waals surface area contributed by atoms with Crippen LogP contribution < -0.4 is 10.3 Å². The first-order valence-corrected chi connectivity index (χ1v) is 8.38. The highest BCUT2D eigenvalue weighted by Crippen LogP contribution is 2.31. The SMILES string of the molecule is COc1ccc2ccccc2c1C=C(C#N)c1nc2ccccc2c(=O)[nH]1. The molecule has 0 saturated carbocycles. The number of H-pyrrole nitrogens is 1. The Morgan fingerprint density at radius 2 is 1.81 bits per heavy atom. The number of allylic oxidation sites excluding steroid dienone is 1. The van der Waals surface area contributed by atoms with Crippen LogP contribution in [0.5, 0.6) is 5.75 Å². The molecule has 0 aliphatic heterocycles. The maximum atomic E-state index is 12.4. The lowest BCUT2D eigenvalue weighted by molar-refractivity contribution is 0.414. The van der Waals surface area contributed by atoms with Crippen molar-refractivity contribution in [3.05, 3.63) is 82.4 Å². The smallest absolute Gasteiger partial charge is 0.259 e. The molecule has 130 valence electrons. The van der Waals surface area contributed by atoms with Gasteiger partial charge in [-0.25, -0.2) is 4.98 Å². The molecule has 4 aromatic rings. The van der Waals surface area contributed by atoms with Gasteiger partial charge in [-0.1, -0.05) is 42.5 Å². The maximum Gasteiger partial charge on any atom is 0.259 e. The third-order valence-corrected chi connectivity index (χ3v) is 4.43. The summed E-state index contributed by atoms with van der Waals surface area (Å²) in [5.74, 6) is 0.876. The highest BCUT2D eigenvalue weighted by Gasteiger charge is 2.12. The van der Waals surface area contributed by atoms with E-state index in [1.165, 1.54) is 0 Å². The fourth-order valence-corrected chi connectivity index (χ4v) is 3.11. The van der Waals surface area contributed by atoms with Crippen molar-refractivity contribution in [2.45, 2.75) is 0 Å². The van der Waals surface area contributed by atoms with Crippen LogP contribution in [0.15, 0.2) is 65.5 Å². The first-order chi connectivity index (χ1) is 13.2. The van der Waals surface area contributed by atoms with Crippen molar-refractivity contribution in [1.29, 1.82) is 5.26 Å². The first kappa shape index (κ1) is 16.6. The zero-order valence-corrected chi connectivity index (χ0v) is 14.6. The van der Waals surface area contributed by atoms with E-state index in [9.17, 15) is 10.1 Å². The minimum atomic E-state index is -0.276. The second-order valence-corrected chi connectivity index (χ2v) is 6.00. The highest BCUT2D eigenvalue weighted by atomic mass is 16.5. The molecule has 0 unspecified atom stereocenters. The van der Waals surface area contributed by atoms with Gasteiger partial charge < -0.3 is 9.72 Å². The minimum absolute atomic E-state index is 0.233. The third kappa shape index (κ3) is 2.94. The first-order valence-electron chi connectivity index (χ1n) is 8.38. The third-order valence-electron chi connectivity index (χ3n) is 4.43. The number of benzene rings is 3. The van der Waals surface area contributed by atoms with E-state index >= 15 is 0 Å². The Bertz CT molecular complexity index is 1300. The van der Waals surface area contributed by atoms with E-state index in [4.69, 9.17) is 4.74 Å². The summed E-state index contributed by atoms with van der Waals surface area (Å²) in [6.07, 6.45) is 1.70. The molecule has 27 heavy (non-hydrogen) atoms. The summed E-state index contributed by atoms with van der Waals surface area (Å²) in [4.78, 5) is 19.5. The average molecular weight is 353 g/mol. The molecule has 1 N–H and O–H groups in total. The average Bonchev–Trinajstić information content (AvgIpc) is 2.71. The van der Waals surface area contributed by atoms with E-state index in [0.29, 0.717) is 16.7 Å². The van der Waals surface area contributed by atoms with Crippen LogP contribution in [0, 0.1) is 11.3 Å². The lowest BCUT2D eigenvalue weighted by Gasteiger charge is -2.10. The maximum absolute atomic E-state index is 12.4. The molecule has 0 aliphatic rings. The van der Waals surface area contributed by atoms with E-state index < -0.39 is 0 Å². The van der Waals surface area contributed by atoms with Crippen LogP contribution in [-0.4, -0.2) is 17.1 Å². The lowest BCUT2D eigenvalue weighted by Crippen LogP contribution is -2.11. The number of nitrogens with one attached hydrogen (secondary N) is 1. The Labute approximate surface area is 155 Å². The Hall–Kier alpha value is -3.91. The summed E-state index contributed by atoms with van der Waals surface area (Å²) in [5, 5.41) is 12.2. The molecule has 1 aromatic heterocycles. The summed E-state index contributed by atoms with van der Waals surface area (Å²) in [6, 6.07) is 20.9. The summed E-state index contributed by atoms with van der Waals surface area (Å²) in [7, 11) is 1.59. The number of rotatable bonds is 3. The van der Waals surface area contributed by atoms with Gasteiger partial charge in [-0.2, -0.15) is 5.26 Å². The standard InChI is InChI=1S/C22H15N3O2/c1-27-20-11-10-14-6-2-3-7-16(14)18(20)12-15(13-23)21-24-19-9-5-4-8-17(19)22(26)25-21/h2-12H,1H3,(H,24,25,26). The number of para-hydroxylation sites is 1. The van der Waals surface area contributed by atoms with Crippen LogP contribution >= 0.6 is 0 Å². The lowest BCUT2D eigenvalue weighted by atomic mass is 10.0. The zero-order valence-electron chi connectivity index (χ0n) is 14.6. The van der Waals surface area contributed by atoms with Crippen LogP contribution in [-0.2, 0) is 0 Å². The summed E-state index contributed by atoms with van der Waals surface area (Å²) >= 11 is 0. The van der Waals surface area contributed by atoms with Crippen molar-refractivity contribution in [2.24, 2.45) is 0 Å². The minimum Gasteiger partial charge on any atom is -0.496 e. The Balaban J connectivity index is 1.97. The van der Waals surface area contributed by atoms with Crippen molar-refractivity contribution >= 4 is 33.3 Å². The van der Waals surface area contributed by atoms with E-state index in [-0.39, 0.29) is 17.0 Å². The molecule has 0 atom stereocenters. The summed E-state index contributed by atoms with van der Waals surface area (Å²) < 4.78 is 5.48. The van der Waals surface area contributed by atoms with Gasteiger partial charge in [0, 0.05) is 5.56 Å². The van der Waals surface area contributed by atoms with Gasteiger partial charge in [-0.05, 0) is 35.0 Å². The molecule has 0 saturated heterocycles. The number of methoxy groups -OCH3 is 1. The van der Waals surface area contributed by atoms with E-state index in [2.05, 4.69) is 16.0 Å². The Kier molecular flexibility index (Phi) is 4.15. The van der Waals surface area contributed by atoms with E-state index in [1.807, 2.05) is 42.5 Å². The van der Waals surface area contributed by atoms with Crippen molar-refractivity contribution in [3.8, 4) is 11.8 Å². The van der Waals surface area contributed by atoms with Gasteiger partial charge in [0.05, 0.1) is 23.6 Å². The highest BCUT2D eigenvalue weighted by molar-refractivity contribution is 5.99. The molecule has 0 radical (unpaired) electrons. The number of ether oxygens (including phenoxy) is 1. The molecule has 0 aliphatic carbocycles. The molecule has 4 rings (SSSR count). The van der Waals surface area contributed by atoms with Crippen LogP contribution in [0.4, 0.5) is 0 Å². The fourth-order valence-electron chi connectivity index (χ4n) is 3.11. The van der Waals surface area contributed by atoms with Crippen LogP contribution in [0.2, 0.25) is 0 Å². The largest absolute Gasteiger partial charge is 0.496 e. The molecule has 1 heterocycles.